The summed E-state index contributed by atoms with van der Waals surface area (Å²) in [5.74, 6) is 0. The van der Waals surface area contributed by atoms with Gasteiger partial charge in [0, 0.05) is 25.2 Å². The molecule has 2 unspecified atom stereocenters. The Kier molecular flexibility index (Phi) is 3.23. The van der Waals surface area contributed by atoms with Crippen molar-refractivity contribution in [2.24, 2.45) is 5.14 Å². The molecule has 7 nitrogen and oxygen atoms in total. The van der Waals surface area contributed by atoms with E-state index in [9.17, 15) is 16.8 Å². The maximum Gasteiger partial charge on any atom is 0.253 e. The van der Waals surface area contributed by atoms with Gasteiger partial charge in [-0.15, -0.1) is 11.3 Å². The van der Waals surface area contributed by atoms with E-state index >= 15 is 0 Å². The predicted octanol–water partition coefficient (Wildman–Crippen LogP) is -0.224. The summed E-state index contributed by atoms with van der Waals surface area (Å²) in [4.78, 5) is 2.16. The molecule has 10 heteroatoms. The van der Waals surface area contributed by atoms with Gasteiger partial charge in [-0.1, -0.05) is 6.92 Å². The highest BCUT2D eigenvalue weighted by molar-refractivity contribution is 7.94. The molecule has 0 aromatic carbocycles. The van der Waals surface area contributed by atoms with Crippen LogP contribution in [0.25, 0.3) is 0 Å². The van der Waals surface area contributed by atoms with E-state index < -0.39 is 20.0 Å². The molecule has 0 saturated carbocycles. The molecule has 112 valence electrons. The summed E-state index contributed by atoms with van der Waals surface area (Å²) in [6.07, 6.45) is 0. The van der Waals surface area contributed by atoms with E-state index in [4.69, 9.17) is 5.14 Å². The van der Waals surface area contributed by atoms with Gasteiger partial charge in [0.15, 0.2) is 0 Å². The highest BCUT2D eigenvalue weighted by Crippen LogP contribution is 2.43. The number of piperazine rings is 1. The zero-order valence-electron chi connectivity index (χ0n) is 10.8. The molecule has 1 fully saturated rings. The van der Waals surface area contributed by atoms with Crippen LogP contribution in [-0.4, -0.2) is 52.2 Å². The van der Waals surface area contributed by atoms with Crippen LogP contribution < -0.4 is 5.14 Å². The largest absolute Gasteiger partial charge is 0.294 e. The van der Waals surface area contributed by atoms with Crippen LogP contribution in [0.15, 0.2) is 14.5 Å². The SMILES string of the molecule is CCN1CCN2CC1c1cc(S(N)(=O)=O)sc1S2(=O)=O. The lowest BCUT2D eigenvalue weighted by molar-refractivity contribution is 0.117. The highest BCUT2D eigenvalue weighted by Gasteiger charge is 2.44. The Hall–Kier alpha value is -0.520. The molecule has 0 aliphatic carbocycles. The monoisotopic (exact) mass is 337 g/mol. The number of fused-ring (bicyclic) bond motifs is 4. The number of likely N-dealkylation sites (N-methyl/N-ethyl adjacent to an activating group) is 1. The number of thiophene rings is 1. The molecule has 1 aromatic heterocycles. The summed E-state index contributed by atoms with van der Waals surface area (Å²) in [5, 5.41) is 5.12. The first-order chi connectivity index (χ1) is 9.25. The topological polar surface area (TPSA) is 101 Å². The minimum Gasteiger partial charge on any atom is -0.294 e. The lowest BCUT2D eigenvalue weighted by Gasteiger charge is -2.43. The van der Waals surface area contributed by atoms with Gasteiger partial charge in [-0.3, -0.25) is 4.90 Å². The molecule has 0 amide bonds. The van der Waals surface area contributed by atoms with Crippen LogP contribution in [0.5, 0.6) is 0 Å². The van der Waals surface area contributed by atoms with Crippen LogP contribution >= 0.6 is 11.3 Å². The van der Waals surface area contributed by atoms with E-state index in [1.807, 2.05) is 6.92 Å². The predicted molar refractivity (Wildman–Crippen MR) is 74.4 cm³/mol. The number of primary sulfonamides is 1. The second kappa shape index (κ2) is 4.49. The molecule has 0 radical (unpaired) electrons. The molecule has 2 aliphatic heterocycles. The fraction of sp³-hybridized carbons (Fsp3) is 0.600. The Morgan fingerprint density at radius 2 is 2.15 bits per heavy atom. The first-order valence-corrected chi connectivity index (χ1v) is 9.96. The van der Waals surface area contributed by atoms with Gasteiger partial charge in [0.1, 0.15) is 8.42 Å². The quantitative estimate of drug-likeness (QED) is 0.804. The van der Waals surface area contributed by atoms with E-state index in [1.54, 1.807) is 0 Å². The smallest absolute Gasteiger partial charge is 0.253 e. The van der Waals surface area contributed by atoms with Gasteiger partial charge in [-0.25, -0.2) is 22.0 Å². The van der Waals surface area contributed by atoms with E-state index in [0.717, 1.165) is 17.9 Å². The maximum atomic E-state index is 12.4. The molecule has 2 aliphatic rings. The van der Waals surface area contributed by atoms with Gasteiger partial charge in [0.05, 0.1) is 6.04 Å². The molecule has 2 bridgehead atoms. The van der Waals surface area contributed by atoms with Crippen molar-refractivity contribution < 1.29 is 16.8 Å². The van der Waals surface area contributed by atoms with Crippen molar-refractivity contribution in [1.82, 2.24) is 9.21 Å². The lowest BCUT2D eigenvalue weighted by Crippen LogP contribution is -2.53. The van der Waals surface area contributed by atoms with Crippen LogP contribution in [0, 0.1) is 0 Å². The first kappa shape index (κ1) is 14.4. The third kappa shape index (κ3) is 2.02. The summed E-state index contributed by atoms with van der Waals surface area (Å²) in [6, 6.07) is 1.34. The van der Waals surface area contributed by atoms with Gasteiger partial charge in [0.25, 0.3) is 10.0 Å². The molecule has 2 atom stereocenters. The Morgan fingerprint density at radius 1 is 1.45 bits per heavy atom. The fourth-order valence-corrected chi connectivity index (χ4v) is 6.98. The van der Waals surface area contributed by atoms with E-state index in [2.05, 4.69) is 4.90 Å². The van der Waals surface area contributed by atoms with Crippen LogP contribution in [0.2, 0.25) is 0 Å². The molecular weight excluding hydrogens is 322 g/mol. The van der Waals surface area contributed by atoms with Crippen LogP contribution in [-0.2, 0) is 20.0 Å². The van der Waals surface area contributed by atoms with Crippen LogP contribution in [0.4, 0.5) is 0 Å². The summed E-state index contributed by atoms with van der Waals surface area (Å²) in [5.41, 5.74) is 0.567. The third-order valence-corrected chi connectivity index (χ3v) is 8.74. The van der Waals surface area contributed by atoms with Gasteiger partial charge in [0.2, 0.25) is 10.0 Å². The maximum absolute atomic E-state index is 12.4. The summed E-state index contributed by atoms with van der Waals surface area (Å²) < 4.78 is 49.3. The van der Waals surface area contributed by atoms with E-state index in [0.29, 0.717) is 25.2 Å². The fourth-order valence-electron chi connectivity index (χ4n) is 2.74. The Balaban J connectivity index is 2.22. The van der Waals surface area contributed by atoms with Gasteiger partial charge in [-0.05, 0) is 12.6 Å². The minimum absolute atomic E-state index is 0.0842. The van der Waals surface area contributed by atoms with Crippen molar-refractivity contribution in [3.8, 4) is 0 Å². The number of nitrogens with zero attached hydrogens (tertiary/aromatic N) is 2. The zero-order chi connectivity index (χ0) is 14.7. The highest BCUT2D eigenvalue weighted by atomic mass is 32.3. The number of hydrogen-bond donors (Lipinski definition) is 1. The van der Waals surface area contributed by atoms with Crippen molar-refractivity contribution >= 4 is 31.4 Å². The molecule has 2 N–H and O–H groups in total. The van der Waals surface area contributed by atoms with Crippen LogP contribution in [0.1, 0.15) is 18.5 Å². The summed E-state index contributed by atoms with van der Waals surface area (Å²) in [6.45, 7) is 4.27. The average molecular weight is 337 g/mol. The number of sulfonamides is 2. The standard InChI is InChI=1S/C10H15N3O4S3/c1-2-12-3-4-13-6-8(12)7-5-9(19(11,14)15)18-10(7)20(13,16)17/h5,8H,2-4,6H2,1H3,(H2,11,14,15). The zero-order valence-corrected chi connectivity index (χ0v) is 13.3. The van der Waals surface area contributed by atoms with Crippen molar-refractivity contribution in [2.45, 2.75) is 21.4 Å². The van der Waals surface area contributed by atoms with Crippen molar-refractivity contribution in [1.29, 1.82) is 0 Å². The summed E-state index contributed by atoms with van der Waals surface area (Å²) in [7, 11) is -7.46. The normalized spacial score (nSPS) is 29.1. The Labute approximate surface area is 122 Å². The van der Waals surface area contributed by atoms with Gasteiger partial charge >= 0.3 is 0 Å². The van der Waals surface area contributed by atoms with E-state index in [-0.39, 0.29) is 14.5 Å². The molecular formula is C10H15N3O4S3. The number of rotatable bonds is 2. The molecule has 3 heterocycles. The first-order valence-electron chi connectivity index (χ1n) is 6.16. The van der Waals surface area contributed by atoms with Crippen molar-refractivity contribution in [3.63, 3.8) is 0 Å². The Bertz CT molecular complexity index is 753. The van der Waals surface area contributed by atoms with Gasteiger partial charge in [-0.2, -0.15) is 4.31 Å². The number of hydrogen-bond acceptors (Lipinski definition) is 6. The van der Waals surface area contributed by atoms with E-state index in [1.165, 1.54) is 10.4 Å². The van der Waals surface area contributed by atoms with Crippen LogP contribution in [0.3, 0.4) is 0 Å². The molecule has 20 heavy (non-hydrogen) atoms. The third-order valence-electron chi connectivity index (χ3n) is 3.78. The van der Waals surface area contributed by atoms with Crippen molar-refractivity contribution in [3.05, 3.63) is 11.6 Å². The second-order valence-corrected chi connectivity index (χ2v) is 9.83. The second-order valence-electron chi connectivity index (χ2n) is 4.86. The minimum atomic E-state index is -3.88. The average Bonchev–Trinajstić information content (AvgIpc) is 2.82. The molecule has 0 spiro atoms. The molecule has 3 rings (SSSR count). The van der Waals surface area contributed by atoms with Gasteiger partial charge < -0.3 is 0 Å². The molecule has 1 aromatic rings. The summed E-state index contributed by atoms with van der Waals surface area (Å²) >= 11 is 0.749. The number of nitrogens with two attached hydrogens (primary N) is 1. The lowest BCUT2D eigenvalue weighted by atomic mass is 10.1. The van der Waals surface area contributed by atoms with Crippen molar-refractivity contribution in [2.75, 3.05) is 26.2 Å². The Morgan fingerprint density at radius 3 is 2.75 bits per heavy atom. The molecule has 1 saturated heterocycles.